The predicted molar refractivity (Wildman–Crippen MR) is 120 cm³/mol. The first-order chi connectivity index (χ1) is 15.3. The first-order valence-electron chi connectivity index (χ1n) is 10.0. The predicted octanol–water partition coefficient (Wildman–Crippen LogP) is 1.27. The van der Waals surface area contributed by atoms with E-state index in [1.54, 1.807) is 41.3 Å². The van der Waals surface area contributed by atoms with Crippen molar-refractivity contribution in [1.29, 1.82) is 0 Å². The van der Waals surface area contributed by atoms with Gasteiger partial charge in [0.2, 0.25) is 15.9 Å². The molecule has 1 aliphatic rings. The van der Waals surface area contributed by atoms with E-state index in [1.165, 1.54) is 21.0 Å². The van der Waals surface area contributed by atoms with Gasteiger partial charge in [-0.15, -0.1) is 0 Å². The number of hydrogen-bond donors (Lipinski definition) is 1. The van der Waals surface area contributed by atoms with Gasteiger partial charge in [0, 0.05) is 39.1 Å². The van der Waals surface area contributed by atoms with Crippen molar-refractivity contribution in [3.63, 3.8) is 0 Å². The minimum atomic E-state index is -3.75. The van der Waals surface area contributed by atoms with E-state index in [1.807, 2.05) is 0 Å². The summed E-state index contributed by atoms with van der Waals surface area (Å²) in [7, 11) is -3.75. The fourth-order valence-corrected chi connectivity index (χ4v) is 5.72. The van der Waals surface area contributed by atoms with Gasteiger partial charge >= 0.3 is 5.69 Å². The van der Waals surface area contributed by atoms with E-state index in [0.29, 0.717) is 10.9 Å². The van der Waals surface area contributed by atoms with Crippen molar-refractivity contribution in [2.75, 3.05) is 26.2 Å². The molecule has 2 heterocycles. The summed E-state index contributed by atoms with van der Waals surface area (Å²) in [5, 5.41) is 0.530. The van der Waals surface area contributed by atoms with E-state index in [9.17, 15) is 22.8 Å². The number of aryl methyl sites for hydroxylation is 1. The second-order valence-corrected chi connectivity index (χ2v) is 9.71. The second kappa shape index (κ2) is 8.89. The first-order valence-corrected chi connectivity index (χ1v) is 11.8. The van der Waals surface area contributed by atoms with E-state index in [4.69, 9.17) is 11.6 Å². The van der Waals surface area contributed by atoms with Crippen LogP contribution in [0.2, 0.25) is 5.02 Å². The molecule has 4 rings (SSSR count). The molecular formula is C21H21ClN4O5S. The van der Waals surface area contributed by atoms with E-state index in [-0.39, 0.29) is 55.0 Å². The van der Waals surface area contributed by atoms with E-state index < -0.39 is 21.3 Å². The van der Waals surface area contributed by atoms with Crippen LogP contribution in [0, 0.1) is 0 Å². The smallest absolute Gasteiger partial charge is 0.328 e. The van der Waals surface area contributed by atoms with Crippen molar-refractivity contribution in [3.8, 4) is 0 Å². The van der Waals surface area contributed by atoms with Crippen LogP contribution in [0.3, 0.4) is 0 Å². The Morgan fingerprint density at radius 2 is 1.62 bits per heavy atom. The Bertz CT molecular complexity index is 1390. The number of piperazine rings is 1. The molecule has 1 fully saturated rings. The zero-order valence-electron chi connectivity index (χ0n) is 17.0. The number of carbonyl (C=O) groups excluding carboxylic acids is 1. The lowest BCUT2D eigenvalue weighted by molar-refractivity contribution is -0.132. The van der Waals surface area contributed by atoms with Gasteiger partial charge in [-0.3, -0.25) is 19.1 Å². The molecule has 2 aromatic carbocycles. The summed E-state index contributed by atoms with van der Waals surface area (Å²) in [5.74, 6) is -0.193. The standard InChI is InChI=1S/C21H21ClN4O5S/c22-16-6-2-4-8-18(16)32(30,31)25-13-11-24(12-14-25)19(27)9-10-26-17-7-3-1-5-15(17)20(28)23-21(26)29/h1-8H,9-14H2,(H,23,28,29). The number of H-pyrrole nitrogens is 1. The SMILES string of the molecule is O=C(CCn1c(=O)[nH]c(=O)c2ccccc21)N1CCN(S(=O)(=O)c2ccccc2Cl)CC1. The van der Waals surface area contributed by atoms with Crippen LogP contribution >= 0.6 is 11.6 Å². The highest BCUT2D eigenvalue weighted by Gasteiger charge is 2.31. The van der Waals surface area contributed by atoms with Crippen LogP contribution in [-0.2, 0) is 21.4 Å². The summed E-state index contributed by atoms with van der Waals surface area (Å²) in [4.78, 5) is 40.8. The van der Waals surface area contributed by atoms with Crippen molar-refractivity contribution in [3.05, 3.63) is 74.4 Å². The number of nitrogens with zero attached hydrogens (tertiary/aromatic N) is 3. The lowest BCUT2D eigenvalue weighted by Gasteiger charge is -2.34. The second-order valence-electron chi connectivity index (χ2n) is 7.39. The third kappa shape index (κ3) is 4.21. The molecule has 0 aliphatic carbocycles. The number of aromatic amines is 1. The topological polar surface area (TPSA) is 113 Å². The molecule has 1 amide bonds. The molecule has 1 aliphatic heterocycles. The van der Waals surface area contributed by atoms with Crippen molar-refractivity contribution in [2.45, 2.75) is 17.9 Å². The highest BCUT2D eigenvalue weighted by atomic mass is 35.5. The number of nitrogens with one attached hydrogen (secondary N) is 1. The number of benzene rings is 2. The molecular weight excluding hydrogens is 456 g/mol. The van der Waals surface area contributed by atoms with Crippen molar-refractivity contribution < 1.29 is 13.2 Å². The average molecular weight is 477 g/mol. The third-order valence-electron chi connectivity index (χ3n) is 5.50. The molecule has 9 nitrogen and oxygen atoms in total. The largest absolute Gasteiger partial charge is 0.340 e. The van der Waals surface area contributed by atoms with Gasteiger partial charge in [-0.25, -0.2) is 13.2 Å². The Labute approximate surface area is 188 Å². The number of sulfonamides is 1. The van der Waals surface area contributed by atoms with Crippen LogP contribution in [0.25, 0.3) is 10.9 Å². The highest BCUT2D eigenvalue weighted by Crippen LogP contribution is 2.25. The Balaban J connectivity index is 1.42. The van der Waals surface area contributed by atoms with E-state index in [2.05, 4.69) is 4.98 Å². The van der Waals surface area contributed by atoms with Crippen molar-refractivity contribution in [2.24, 2.45) is 0 Å². The van der Waals surface area contributed by atoms with Crippen molar-refractivity contribution >= 4 is 38.4 Å². The van der Waals surface area contributed by atoms with Crippen LogP contribution in [0.4, 0.5) is 0 Å². The van der Waals surface area contributed by atoms with Crippen LogP contribution in [0.1, 0.15) is 6.42 Å². The lowest BCUT2D eigenvalue weighted by Crippen LogP contribution is -2.50. The summed E-state index contributed by atoms with van der Waals surface area (Å²) >= 11 is 6.05. The number of fused-ring (bicyclic) bond motifs is 1. The van der Waals surface area contributed by atoms with Gasteiger partial charge in [0.05, 0.1) is 15.9 Å². The maximum atomic E-state index is 12.9. The van der Waals surface area contributed by atoms with Crippen LogP contribution < -0.4 is 11.2 Å². The Kier molecular flexibility index (Phi) is 6.18. The number of para-hydroxylation sites is 1. The monoisotopic (exact) mass is 476 g/mol. The number of aromatic nitrogens is 2. The van der Waals surface area contributed by atoms with Gasteiger partial charge in [0.15, 0.2) is 0 Å². The molecule has 0 spiro atoms. The fourth-order valence-electron chi connectivity index (χ4n) is 3.80. The van der Waals surface area contributed by atoms with Gasteiger partial charge in [-0.05, 0) is 24.3 Å². The van der Waals surface area contributed by atoms with Crippen molar-refractivity contribution in [1.82, 2.24) is 18.8 Å². The summed E-state index contributed by atoms with van der Waals surface area (Å²) in [5.41, 5.74) is -0.578. The number of rotatable bonds is 5. The lowest BCUT2D eigenvalue weighted by atomic mass is 10.2. The minimum absolute atomic E-state index is 0.0470. The normalized spacial score (nSPS) is 15.2. The van der Waals surface area contributed by atoms with Crippen LogP contribution in [-0.4, -0.2) is 59.3 Å². The maximum absolute atomic E-state index is 12.9. The number of hydrogen-bond acceptors (Lipinski definition) is 5. The Morgan fingerprint density at radius 1 is 0.969 bits per heavy atom. The zero-order valence-corrected chi connectivity index (χ0v) is 18.6. The van der Waals surface area contributed by atoms with Gasteiger partial charge in [0.25, 0.3) is 5.56 Å². The molecule has 1 aromatic heterocycles. The Hall–Kier alpha value is -2.95. The van der Waals surface area contributed by atoms with Crippen LogP contribution in [0.15, 0.2) is 63.0 Å². The van der Waals surface area contributed by atoms with Gasteiger partial charge in [-0.1, -0.05) is 35.9 Å². The quantitative estimate of drug-likeness (QED) is 0.595. The van der Waals surface area contributed by atoms with Crippen LogP contribution in [0.5, 0.6) is 0 Å². The minimum Gasteiger partial charge on any atom is -0.340 e. The van der Waals surface area contributed by atoms with Gasteiger partial charge < -0.3 is 4.90 Å². The molecule has 1 saturated heterocycles. The van der Waals surface area contributed by atoms with Gasteiger partial charge in [-0.2, -0.15) is 4.31 Å². The van der Waals surface area contributed by atoms with E-state index in [0.717, 1.165) is 0 Å². The molecule has 0 radical (unpaired) electrons. The molecule has 168 valence electrons. The molecule has 0 atom stereocenters. The third-order valence-corrected chi connectivity index (χ3v) is 7.90. The summed E-state index contributed by atoms with van der Waals surface area (Å²) in [6.45, 7) is 0.891. The highest BCUT2D eigenvalue weighted by molar-refractivity contribution is 7.89. The number of carbonyl (C=O) groups is 1. The average Bonchev–Trinajstić information content (AvgIpc) is 2.79. The molecule has 11 heteroatoms. The Morgan fingerprint density at radius 3 is 2.34 bits per heavy atom. The molecule has 0 saturated carbocycles. The first kappa shape index (κ1) is 22.3. The zero-order chi connectivity index (χ0) is 22.9. The fraction of sp³-hybridized carbons (Fsp3) is 0.286. The number of amides is 1. The molecule has 32 heavy (non-hydrogen) atoms. The maximum Gasteiger partial charge on any atom is 0.328 e. The molecule has 0 unspecified atom stereocenters. The molecule has 1 N–H and O–H groups in total. The molecule has 3 aromatic rings. The summed E-state index contributed by atoms with van der Waals surface area (Å²) in [6.07, 6.45) is 0.0488. The summed E-state index contributed by atoms with van der Waals surface area (Å²) < 4.78 is 28.4. The number of halogens is 1. The molecule has 0 bridgehead atoms. The summed E-state index contributed by atoms with van der Waals surface area (Å²) in [6, 6.07) is 13.0. The van der Waals surface area contributed by atoms with E-state index >= 15 is 0 Å². The van der Waals surface area contributed by atoms with Gasteiger partial charge in [0.1, 0.15) is 4.90 Å².